The van der Waals surface area contributed by atoms with Gasteiger partial charge in [0.1, 0.15) is 17.5 Å². The highest BCUT2D eigenvalue weighted by atomic mass is 19.1. The molecule has 1 aromatic heterocycles. The molecule has 2 aromatic carbocycles. The first-order valence-electron chi connectivity index (χ1n) is 10.9. The Hall–Kier alpha value is -3.81. The summed E-state index contributed by atoms with van der Waals surface area (Å²) in [6.45, 7) is 2.87. The largest absolute Gasteiger partial charge is 0.355 e. The molecular formula is C25H26FN5O2. The van der Waals surface area contributed by atoms with Crippen molar-refractivity contribution in [1.29, 1.82) is 0 Å². The highest BCUT2D eigenvalue weighted by Crippen LogP contribution is 2.29. The summed E-state index contributed by atoms with van der Waals surface area (Å²) >= 11 is 0. The maximum absolute atomic E-state index is 13.7. The number of hydrogen-bond acceptors (Lipinski definition) is 5. The SMILES string of the molecule is CNC(=O)c1ccc(-c2cc(Nc3cccc(F)c3)nc(C3CCCN(C(C)=O)C3)n2)cc1. The molecule has 2 N–H and O–H groups in total. The molecule has 1 saturated heterocycles. The lowest BCUT2D eigenvalue weighted by atomic mass is 9.96. The van der Waals surface area contributed by atoms with E-state index in [0.29, 0.717) is 35.1 Å². The first kappa shape index (κ1) is 22.4. The Morgan fingerprint density at radius 1 is 1.09 bits per heavy atom. The topological polar surface area (TPSA) is 87.2 Å². The lowest BCUT2D eigenvalue weighted by Crippen LogP contribution is -2.38. The van der Waals surface area contributed by atoms with E-state index in [1.54, 1.807) is 44.3 Å². The lowest BCUT2D eigenvalue weighted by Gasteiger charge is -2.31. The van der Waals surface area contributed by atoms with Crippen LogP contribution in [0.1, 0.15) is 41.9 Å². The number of benzene rings is 2. The fourth-order valence-electron chi connectivity index (χ4n) is 3.99. The van der Waals surface area contributed by atoms with Crippen LogP contribution in [0.4, 0.5) is 15.9 Å². The van der Waals surface area contributed by atoms with Crippen LogP contribution in [-0.4, -0.2) is 46.8 Å². The van der Waals surface area contributed by atoms with Crippen molar-refractivity contribution in [3.05, 3.63) is 71.8 Å². The number of anilines is 2. The van der Waals surface area contributed by atoms with Crippen molar-refractivity contribution in [2.45, 2.75) is 25.7 Å². The lowest BCUT2D eigenvalue weighted by molar-refractivity contribution is -0.130. The highest BCUT2D eigenvalue weighted by molar-refractivity contribution is 5.94. The van der Waals surface area contributed by atoms with Crippen LogP contribution in [0.25, 0.3) is 11.3 Å². The molecule has 1 atom stereocenters. The minimum atomic E-state index is -0.344. The van der Waals surface area contributed by atoms with Gasteiger partial charge in [-0.25, -0.2) is 14.4 Å². The molecule has 0 bridgehead atoms. The Kier molecular flexibility index (Phi) is 6.63. The first-order valence-corrected chi connectivity index (χ1v) is 10.9. The van der Waals surface area contributed by atoms with E-state index in [1.165, 1.54) is 12.1 Å². The van der Waals surface area contributed by atoms with E-state index < -0.39 is 0 Å². The summed E-state index contributed by atoms with van der Waals surface area (Å²) in [5, 5.41) is 5.78. The van der Waals surface area contributed by atoms with Crippen molar-refractivity contribution in [3.8, 4) is 11.3 Å². The zero-order chi connectivity index (χ0) is 23.4. The average molecular weight is 448 g/mol. The molecule has 0 saturated carbocycles. The molecule has 1 unspecified atom stereocenters. The molecule has 33 heavy (non-hydrogen) atoms. The van der Waals surface area contributed by atoms with Gasteiger partial charge in [0.2, 0.25) is 5.91 Å². The van der Waals surface area contributed by atoms with Crippen LogP contribution in [0.5, 0.6) is 0 Å². The van der Waals surface area contributed by atoms with E-state index in [0.717, 1.165) is 24.9 Å². The number of nitrogens with one attached hydrogen (secondary N) is 2. The molecule has 3 aromatic rings. The number of rotatable bonds is 5. The van der Waals surface area contributed by atoms with Crippen molar-refractivity contribution in [3.63, 3.8) is 0 Å². The van der Waals surface area contributed by atoms with Crippen molar-refractivity contribution in [2.24, 2.45) is 0 Å². The van der Waals surface area contributed by atoms with Gasteiger partial charge in [-0.1, -0.05) is 18.2 Å². The Balaban J connectivity index is 1.71. The van der Waals surface area contributed by atoms with Gasteiger partial charge in [0, 0.05) is 55.9 Å². The summed E-state index contributed by atoms with van der Waals surface area (Å²) in [6.07, 6.45) is 1.76. The summed E-state index contributed by atoms with van der Waals surface area (Å²) in [5.74, 6) is 0.705. The third kappa shape index (κ3) is 5.34. The number of piperidine rings is 1. The fourth-order valence-corrected chi connectivity index (χ4v) is 3.99. The number of hydrogen-bond donors (Lipinski definition) is 2. The van der Waals surface area contributed by atoms with Gasteiger partial charge < -0.3 is 15.5 Å². The maximum Gasteiger partial charge on any atom is 0.251 e. The second kappa shape index (κ2) is 9.77. The van der Waals surface area contributed by atoms with E-state index in [1.807, 2.05) is 17.0 Å². The summed E-state index contributed by atoms with van der Waals surface area (Å²) in [7, 11) is 1.59. The zero-order valence-electron chi connectivity index (χ0n) is 18.6. The molecule has 8 heteroatoms. The standard InChI is InChI=1S/C25H26FN5O2/c1-16(32)31-12-4-5-19(15-31)24-29-22(17-8-10-18(11-9-17)25(33)27-2)14-23(30-24)28-21-7-3-6-20(26)13-21/h3,6-11,13-14,19H,4-5,12,15H2,1-2H3,(H,27,33)(H,28,29,30). The molecule has 0 spiro atoms. The van der Waals surface area contributed by atoms with E-state index in [9.17, 15) is 14.0 Å². The second-order valence-electron chi connectivity index (χ2n) is 8.09. The van der Waals surface area contributed by atoms with Gasteiger partial charge in [0.25, 0.3) is 5.91 Å². The molecule has 0 aliphatic carbocycles. The maximum atomic E-state index is 13.7. The van der Waals surface area contributed by atoms with Crippen LogP contribution in [-0.2, 0) is 4.79 Å². The number of aromatic nitrogens is 2. The number of amides is 2. The normalized spacial score (nSPS) is 15.7. The van der Waals surface area contributed by atoms with Crippen LogP contribution in [0, 0.1) is 5.82 Å². The fraction of sp³-hybridized carbons (Fsp3) is 0.280. The number of carbonyl (C=O) groups excluding carboxylic acids is 2. The summed E-state index contributed by atoms with van der Waals surface area (Å²) in [6, 6.07) is 15.1. The number of nitrogens with zero attached hydrogens (tertiary/aromatic N) is 3. The van der Waals surface area contributed by atoms with E-state index in [2.05, 4.69) is 10.6 Å². The van der Waals surface area contributed by atoms with Crippen molar-refractivity contribution in [1.82, 2.24) is 20.2 Å². The monoisotopic (exact) mass is 447 g/mol. The first-order chi connectivity index (χ1) is 15.9. The molecule has 2 amide bonds. The van der Waals surface area contributed by atoms with Gasteiger partial charge in [0.15, 0.2) is 0 Å². The zero-order valence-corrected chi connectivity index (χ0v) is 18.6. The Morgan fingerprint density at radius 2 is 1.88 bits per heavy atom. The molecule has 4 rings (SSSR count). The smallest absolute Gasteiger partial charge is 0.251 e. The van der Waals surface area contributed by atoms with Gasteiger partial charge >= 0.3 is 0 Å². The summed E-state index contributed by atoms with van der Waals surface area (Å²) < 4.78 is 13.7. The molecule has 0 radical (unpaired) electrons. The van der Waals surface area contributed by atoms with Crippen molar-refractivity contribution >= 4 is 23.3 Å². The van der Waals surface area contributed by atoms with Gasteiger partial charge in [-0.3, -0.25) is 9.59 Å². The molecule has 1 aliphatic rings. The molecule has 2 heterocycles. The molecular weight excluding hydrogens is 421 g/mol. The number of carbonyl (C=O) groups is 2. The Bertz CT molecular complexity index is 1170. The van der Waals surface area contributed by atoms with E-state index in [4.69, 9.17) is 9.97 Å². The minimum Gasteiger partial charge on any atom is -0.355 e. The van der Waals surface area contributed by atoms with Crippen LogP contribution in [0.2, 0.25) is 0 Å². The molecule has 1 aliphatic heterocycles. The average Bonchev–Trinajstić information content (AvgIpc) is 2.83. The minimum absolute atomic E-state index is 0.000742. The quantitative estimate of drug-likeness (QED) is 0.615. The van der Waals surface area contributed by atoms with Crippen LogP contribution >= 0.6 is 0 Å². The molecule has 170 valence electrons. The van der Waals surface area contributed by atoms with E-state index >= 15 is 0 Å². The molecule has 1 fully saturated rings. The van der Waals surface area contributed by atoms with Crippen LogP contribution in [0.15, 0.2) is 54.6 Å². The number of halogens is 1. The van der Waals surface area contributed by atoms with Crippen LogP contribution in [0.3, 0.4) is 0 Å². The third-order valence-corrected chi connectivity index (χ3v) is 5.74. The van der Waals surface area contributed by atoms with E-state index in [-0.39, 0.29) is 23.5 Å². The predicted octanol–water partition coefficient (Wildman–Crippen LogP) is 4.11. The van der Waals surface area contributed by atoms with Crippen LogP contribution < -0.4 is 10.6 Å². The predicted molar refractivity (Wildman–Crippen MR) is 125 cm³/mol. The van der Waals surface area contributed by atoms with Gasteiger partial charge in [0.05, 0.1) is 5.69 Å². The summed E-state index contributed by atoms with van der Waals surface area (Å²) in [5.41, 5.74) is 2.64. The van der Waals surface area contributed by atoms with Gasteiger partial charge in [-0.2, -0.15) is 0 Å². The molecule has 7 nitrogen and oxygen atoms in total. The Labute approximate surface area is 192 Å². The van der Waals surface area contributed by atoms with Crippen molar-refractivity contribution < 1.29 is 14.0 Å². The second-order valence-corrected chi connectivity index (χ2v) is 8.09. The van der Waals surface area contributed by atoms with Crippen molar-refractivity contribution in [2.75, 3.05) is 25.5 Å². The third-order valence-electron chi connectivity index (χ3n) is 5.74. The summed E-state index contributed by atoms with van der Waals surface area (Å²) in [4.78, 5) is 35.1. The van der Waals surface area contributed by atoms with Gasteiger partial charge in [-0.15, -0.1) is 0 Å². The highest BCUT2D eigenvalue weighted by Gasteiger charge is 2.26. The number of likely N-dealkylation sites (tertiary alicyclic amines) is 1. The van der Waals surface area contributed by atoms with Gasteiger partial charge in [-0.05, 0) is 43.2 Å². The Morgan fingerprint density at radius 3 is 2.58 bits per heavy atom.